The summed E-state index contributed by atoms with van der Waals surface area (Å²) in [6.07, 6.45) is 0. The van der Waals surface area contributed by atoms with Crippen molar-refractivity contribution in [1.29, 1.82) is 0 Å². The average molecular weight is 402 g/mol. The molecule has 1 aliphatic carbocycles. The topological polar surface area (TPSA) is 76.7 Å². The average Bonchev–Trinajstić information content (AvgIpc) is 3.09. The van der Waals surface area contributed by atoms with Crippen LogP contribution in [-0.2, 0) is 10.1 Å². The highest BCUT2D eigenvalue weighted by atomic mass is 16.5. The Hall–Kier alpha value is -2.73. The lowest BCUT2D eigenvalue weighted by molar-refractivity contribution is 0.0929. The van der Waals surface area contributed by atoms with Crippen molar-refractivity contribution < 1.29 is 19.1 Å². The zero-order valence-electron chi connectivity index (χ0n) is 17.4. The number of nitrogens with one attached hydrogen (secondary N) is 2. The minimum Gasteiger partial charge on any atom is -0.498 e. The van der Waals surface area contributed by atoms with Crippen molar-refractivity contribution in [2.45, 2.75) is 17.4 Å². The monoisotopic (exact) mass is 402 g/mol. The molecule has 152 valence electrons. The molecule has 2 aromatic rings. The van der Waals surface area contributed by atoms with Crippen molar-refractivity contribution in [2.24, 2.45) is 11.8 Å². The molecule has 2 fully saturated rings. The molecule has 3 aliphatic rings. The quantitative estimate of drug-likeness (QED) is 0.686. The molecule has 1 saturated carbocycles. The second kappa shape index (κ2) is 6.91. The van der Waals surface area contributed by atoms with Gasteiger partial charge in [-0.25, -0.2) is 0 Å². The SMILES string of the molecule is BC1Oc2c(C(=O)NC)cc(C(=O)NC3C4COCC43)cc2C1(B)c1ccccc1. The van der Waals surface area contributed by atoms with Crippen molar-refractivity contribution in [1.82, 2.24) is 10.6 Å². The Morgan fingerprint density at radius 3 is 2.47 bits per heavy atom. The lowest BCUT2D eigenvalue weighted by Gasteiger charge is -2.29. The van der Waals surface area contributed by atoms with E-state index in [9.17, 15) is 9.59 Å². The summed E-state index contributed by atoms with van der Waals surface area (Å²) in [6.45, 7) is 1.42. The van der Waals surface area contributed by atoms with Crippen LogP contribution in [0.1, 0.15) is 31.8 Å². The van der Waals surface area contributed by atoms with Crippen molar-refractivity contribution in [3.8, 4) is 5.75 Å². The first-order chi connectivity index (χ1) is 14.4. The van der Waals surface area contributed by atoms with Crippen LogP contribution in [0.25, 0.3) is 0 Å². The van der Waals surface area contributed by atoms with Gasteiger partial charge in [-0.1, -0.05) is 30.3 Å². The van der Waals surface area contributed by atoms with Gasteiger partial charge in [0.25, 0.3) is 11.8 Å². The molecular formula is C22H24B2N2O4. The number of ether oxygens (including phenoxy) is 2. The van der Waals surface area contributed by atoms with Crippen LogP contribution in [0.5, 0.6) is 5.75 Å². The largest absolute Gasteiger partial charge is 0.498 e. The van der Waals surface area contributed by atoms with Crippen molar-refractivity contribution in [2.75, 3.05) is 20.3 Å². The smallest absolute Gasteiger partial charge is 0.254 e. The number of hydrogen-bond donors (Lipinski definition) is 2. The fraction of sp³-hybridized carbons (Fsp3) is 0.364. The van der Waals surface area contributed by atoms with E-state index in [0.717, 1.165) is 11.1 Å². The minimum absolute atomic E-state index is 0.155. The molecule has 0 radical (unpaired) electrons. The molecule has 6 nitrogen and oxygen atoms in total. The third kappa shape index (κ3) is 2.77. The third-order valence-corrected chi connectivity index (χ3v) is 7.11. The summed E-state index contributed by atoms with van der Waals surface area (Å²) in [5.41, 5.74) is 2.83. The van der Waals surface area contributed by atoms with Gasteiger partial charge in [-0.2, -0.15) is 0 Å². The van der Waals surface area contributed by atoms with Gasteiger partial charge in [-0.05, 0) is 17.7 Å². The van der Waals surface area contributed by atoms with Crippen molar-refractivity contribution in [3.05, 3.63) is 64.7 Å². The summed E-state index contributed by atoms with van der Waals surface area (Å²) < 4.78 is 11.6. The first kappa shape index (κ1) is 19.2. The molecule has 5 rings (SSSR count). The van der Waals surface area contributed by atoms with E-state index in [-0.39, 0.29) is 23.9 Å². The summed E-state index contributed by atoms with van der Waals surface area (Å²) in [6, 6.07) is 13.6. The van der Waals surface area contributed by atoms with Gasteiger partial charge in [0.2, 0.25) is 0 Å². The van der Waals surface area contributed by atoms with Gasteiger partial charge in [-0.15, -0.1) is 0 Å². The number of amides is 2. The standard InChI is InChI=1S/C22H24B2N2O4/c1-25-20(28)13-7-11(19(27)26-17-14-9-29-10-15(14)17)8-16-18(13)30-21(23)22(16,24)12-5-3-2-4-6-12/h2-8,14-15,17,21H,9-10,23-24H2,1H3,(H,25,28)(H,26,27). The molecular weight excluding hydrogens is 378 g/mol. The van der Waals surface area contributed by atoms with Crippen LogP contribution in [0.3, 0.4) is 0 Å². The number of carbonyl (C=O) groups excluding carboxylic acids is 2. The van der Waals surface area contributed by atoms with Crippen molar-refractivity contribution >= 4 is 27.5 Å². The van der Waals surface area contributed by atoms with Crippen LogP contribution in [-0.4, -0.2) is 59.8 Å². The van der Waals surface area contributed by atoms with Gasteiger partial charge in [0.15, 0.2) is 7.85 Å². The summed E-state index contributed by atoms with van der Waals surface area (Å²) in [4.78, 5) is 25.8. The lowest BCUT2D eigenvalue weighted by Crippen LogP contribution is -2.40. The first-order valence-corrected chi connectivity index (χ1v) is 10.5. The molecule has 1 saturated heterocycles. The number of rotatable bonds is 4. The lowest BCUT2D eigenvalue weighted by atomic mass is 9.53. The Kier molecular flexibility index (Phi) is 4.43. The highest BCUT2D eigenvalue weighted by Crippen LogP contribution is 2.47. The van der Waals surface area contributed by atoms with E-state index in [0.29, 0.717) is 41.9 Å². The van der Waals surface area contributed by atoms with Gasteiger partial charge in [0.05, 0.1) is 24.8 Å². The van der Waals surface area contributed by atoms with Crippen LogP contribution < -0.4 is 15.4 Å². The molecule has 0 bridgehead atoms. The Labute approximate surface area is 177 Å². The molecule has 4 unspecified atom stereocenters. The van der Waals surface area contributed by atoms with E-state index in [1.165, 1.54) is 0 Å². The van der Waals surface area contributed by atoms with E-state index in [1.54, 1.807) is 13.1 Å². The fourth-order valence-corrected chi connectivity index (χ4v) is 4.95. The Morgan fingerprint density at radius 1 is 1.10 bits per heavy atom. The zero-order chi connectivity index (χ0) is 21.0. The highest BCUT2D eigenvalue weighted by molar-refractivity contribution is 6.27. The molecule has 30 heavy (non-hydrogen) atoms. The molecule has 2 aliphatic heterocycles. The Bertz CT molecular complexity index is 1020. The zero-order valence-corrected chi connectivity index (χ0v) is 17.4. The molecule has 0 spiro atoms. The Balaban J connectivity index is 1.57. The molecule has 2 N–H and O–H groups in total. The van der Waals surface area contributed by atoms with Crippen LogP contribution in [0.4, 0.5) is 0 Å². The number of carbonyl (C=O) groups is 2. The predicted molar refractivity (Wildman–Crippen MR) is 118 cm³/mol. The maximum atomic E-state index is 13.1. The molecule has 8 heteroatoms. The maximum absolute atomic E-state index is 13.1. The highest BCUT2D eigenvalue weighted by Gasteiger charge is 2.55. The van der Waals surface area contributed by atoms with Crippen LogP contribution in [0, 0.1) is 11.8 Å². The molecule has 0 aromatic heterocycles. The number of fused-ring (bicyclic) bond motifs is 2. The van der Waals surface area contributed by atoms with Gasteiger partial charge >= 0.3 is 0 Å². The summed E-state index contributed by atoms with van der Waals surface area (Å²) in [5, 5.41) is 5.34. The number of hydrogen-bond acceptors (Lipinski definition) is 4. The second-order valence-corrected chi connectivity index (χ2v) is 8.67. The van der Waals surface area contributed by atoms with E-state index in [4.69, 9.17) is 9.47 Å². The van der Waals surface area contributed by atoms with E-state index in [1.807, 2.05) is 32.1 Å². The van der Waals surface area contributed by atoms with Crippen molar-refractivity contribution in [3.63, 3.8) is 0 Å². The predicted octanol–water partition coefficient (Wildman–Crippen LogP) is -0.351. The first-order valence-electron chi connectivity index (χ1n) is 10.5. The normalized spacial score (nSPS) is 30.7. The van der Waals surface area contributed by atoms with E-state index < -0.39 is 5.31 Å². The minimum atomic E-state index is -0.473. The molecule has 2 amide bonds. The summed E-state index contributed by atoms with van der Waals surface area (Å²) >= 11 is 0. The third-order valence-electron chi connectivity index (χ3n) is 7.11. The van der Waals surface area contributed by atoms with Crippen LogP contribution in [0.15, 0.2) is 42.5 Å². The van der Waals surface area contributed by atoms with E-state index >= 15 is 0 Å². The molecule has 4 atom stereocenters. The van der Waals surface area contributed by atoms with Gasteiger partial charge in [0.1, 0.15) is 13.6 Å². The van der Waals surface area contributed by atoms with Gasteiger partial charge in [-0.3, -0.25) is 9.59 Å². The van der Waals surface area contributed by atoms with Gasteiger partial charge < -0.3 is 20.1 Å². The van der Waals surface area contributed by atoms with Crippen LogP contribution in [0.2, 0.25) is 0 Å². The Morgan fingerprint density at radius 2 is 1.80 bits per heavy atom. The van der Waals surface area contributed by atoms with E-state index in [2.05, 4.69) is 30.6 Å². The molecule has 2 heterocycles. The molecule has 2 aromatic carbocycles. The number of benzene rings is 2. The summed E-state index contributed by atoms with van der Waals surface area (Å²) in [7, 11) is 5.70. The second-order valence-electron chi connectivity index (χ2n) is 8.67. The fourth-order valence-electron chi connectivity index (χ4n) is 4.95. The maximum Gasteiger partial charge on any atom is 0.254 e. The van der Waals surface area contributed by atoms with Crippen LogP contribution >= 0.6 is 0 Å². The summed E-state index contributed by atoms with van der Waals surface area (Å²) in [5.74, 6) is 0.973. The van der Waals surface area contributed by atoms with Gasteiger partial charge in [0, 0.05) is 41.4 Å².